The summed E-state index contributed by atoms with van der Waals surface area (Å²) in [7, 11) is -4.05. The van der Waals surface area contributed by atoms with Crippen LogP contribution in [0, 0.1) is 27.7 Å². The van der Waals surface area contributed by atoms with Crippen molar-refractivity contribution in [2.45, 2.75) is 37.5 Å². The van der Waals surface area contributed by atoms with E-state index in [4.69, 9.17) is 28.4 Å². The Morgan fingerprint density at radius 1 is 0.569 bits per heavy atom. The molecule has 0 bridgehead atoms. The average molecular weight is 715 g/mol. The Balaban J connectivity index is 1.45. The Morgan fingerprint density at radius 3 is 1.18 bits per heavy atom. The molecule has 0 aliphatic heterocycles. The molecule has 0 N–H and O–H groups in total. The third kappa shape index (κ3) is 9.49. The number of hydrogen-bond acceptors (Lipinski definition) is 12. The van der Waals surface area contributed by atoms with Gasteiger partial charge in [-0.25, -0.2) is 27.6 Å². The fraction of sp³-hybridized carbons (Fsp3) is 0.158. The molecule has 0 aromatic heterocycles. The molecular weight excluding hydrogens is 680 g/mol. The normalized spacial score (nSPS) is 10.7. The summed E-state index contributed by atoms with van der Waals surface area (Å²) in [5.74, 6) is -1.50. The predicted octanol–water partition coefficient (Wildman–Crippen LogP) is 6.32. The second-order valence-corrected chi connectivity index (χ2v) is 12.9. The van der Waals surface area contributed by atoms with E-state index in [1.165, 1.54) is 72.8 Å². The molecule has 0 aliphatic rings. The number of carbonyl (C=O) groups is 4. The summed E-state index contributed by atoms with van der Waals surface area (Å²) in [4.78, 5) is 48.1. The molecule has 0 fully saturated rings. The maximum absolute atomic E-state index is 13.8. The molecule has 0 spiro atoms. The van der Waals surface area contributed by atoms with Gasteiger partial charge in [0.05, 0.1) is 20.9 Å². The van der Waals surface area contributed by atoms with Crippen LogP contribution in [0.1, 0.15) is 43.0 Å². The van der Waals surface area contributed by atoms with Gasteiger partial charge in [-0.2, -0.15) is 0 Å². The molecule has 12 nitrogen and oxygen atoms in total. The fourth-order valence-corrected chi connectivity index (χ4v) is 6.30. The molecule has 4 aromatic rings. The van der Waals surface area contributed by atoms with Crippen LogP contribution in [0.25, 0.3) is 0 Å². The first kappa shape index (κ1) is 37.6. The minimum atomic E-state index is -4.05. The van der Waals surface area contributed by atoms with Crippen molar-refractivity contribution >= 4 is 33.7 Å². The van der Waals surface area contributed by atoms with Crippen LogP contribution in [-0.4, -0.2) is 45.9 Å². The molecule has 51 heavy (non-hydrogen) atoms. The lowest BCUT2D eigenvalue weighted by molar-refractivity contribution is -0.145. The summed E-state index contributed by atoms with van der Waals surface area (Å²) in [5, 5.41) is 0. The monoisotopic (exact) mass is 714 g/mol. The Hall–Kier alpha value is -6.21. The van der Waals surface area contributed by atoms with Crippen LogP contribution in [0.15, 0.2) is 108 Å². The van der Waals surface area contributed by atoms with Crippen molar-refractivity contribution in [3.05, 3.63) is 131 Å². The average Bonchev–Trinajstić information content (AvgIpc) is 3.11. The number of rotatable bonds is 14. The van der Waals surface area contributed by atoms with Gasteiger partial charge in [0.2, 0.25) is 23.4 Å². The summed E-state index contributed by atoms with van der Waals surface area (Å²) in [6.45, 7) is 12.5. The molecule has 4 rings (SSSR count). The van der Waals surface area contributed by atoms with Crippen molar-refractivity contribution in [1.82, 2.24) is 0 Å². The molecule has 0 heterocycles. The first-order valence-electron chi connectivity index (χ1n) is 15.2. The number of carbonyl (C=O) groups excluding carboxylic acids is 4. The number of esters is 4. The Kier molecular flexibility index (Phi) is 12.1. The minimum absolute atomic E-state index is 0.0129. The highest BCUT2D eigenvalue weighted by Gasteiger charge is 2.24. The van der Waals surface area contributed by atoms with Crippen LogP contribution >= 0.6 is 0 Å². The molecular formula is C38H34O12S. The number of hydrogen-bond donors (Lipinski definition) is 0. The summed E-state index contributed by atoms with van der Waals surface area (Å²) in [5.41, 5.74) is 2.08. The zero-order valence-electron chi connectivity index (χ0n) is 28.2. The lowest BCUT2D eigenvalue weighted by atomic mass is 10.1. The van der Waals surface area contributed by atoms with E-state index in [-0.39, 0.29) is 46.0 Å². The maximum atomic E-state index is 13.8. The molecule has 0 radical (unpaired) electrons. The van der Waals surface area contributed by atoms with Gasteiger partial charge in [-0.05, 0) is 123 Å². The van der Waals surface area contributed by atoms with Gasteiger partial charge in [-0.3, -0.25) is 0 Å². The first-order chi connectivity index (χ1) is 24.2. The number of aryl methyl sites for hydroxylation is 4. The van der Waals surface area contributed by atoms with Gasteiger partial charge in [0.15, 0.2) is 0 Å². The van der Waals surface area contributed by atoms with Gasteiger partial charge in [0, 0.05) is 12.2 Å². The van der Waals surface area contributed by atoms with Crippen molar-refractivity contribution in [1.29, 1.82) is 0 Å². The topological polar surface area (TPSA) is 158 Å². The molecule has 264 valence electrons. The van der Waals surface area contributed by atoms with Crippen LogP contribution < -0.4 is 18.9 Å². The van der Waals surface area contributed by atoms with E-state index in [0.29, 0.717) is 33.8 Å². The van der Waals surface area contributed by atoms with Crippen LogP contribution in [0.5, 0.6) is 23.0 Å². The molecule has 4 aromatic carbocycles. The van der Waals surface area contributed by atoms with Crippen molar-refractivity contribution in [3.63, 3.8) is 0 Å². The van der Waals surface area contributed by atoms with Crippen LogP contribution in [0.2, 0.25) is 0 Å². The molecule has 0 atom stereocenters. The third-order valence-corrected chi connectivity index (χ3v) is 8.96. The van der Waals surface area contributed by atoms with Gasteiger partial charge in [0.1, 0.15) is 23.0 Å². The van der Waals surface area contributed by atoms with Gasteiger partial charge < -0.3 is 28.4 Å². The number of ether oxygens (including phenoxy) is 6. The highest BCUT2D eigenvalue weighted by molar-refractivity contribution is 7.91. The second-order valence-electron chi connectivity index (χ2n) is 11.0. The predicted molar refractivity (Wildman–Crippen MR) is 184 cm³/mol. The number of benzene rings is 4. The molecule has 0 aliphatic carbocycles. The Bertz CT molecular complexity index is 1910. The Morgan fingerprint density at radius 2 is 0.882 bits per heavy atom. The fourth-order valence-electron chi connectivity index (χ4n) is 4.70. The number of sulfone groups is 1. The van der Waals surface area contributed by atoms with E-state index < -0.39 is 33.7 Å². The largest absolute Gasteiger partial charge is 0.457 e. The summed E-state index contributed by atoms with van der Waals surface area (Å²) >= 11 is 0. The van der Waals surface area contributed by atoms with Gasteiger partial charge in [0.25, 0.3) is 0 Å². The van der Waals surface area contributed by atoms with Crippen LogP contribution in [0.3, 0.4) is 0 Å². The van der Waals surface area contributed by atoms with Gasteiger partial charge in [-0.15, -0.1) is 0 Å². The van der Waals surface area contributed by atoms with E-state index in [9.17, 15) is 27.6 Å². The summed E-state index contributed by atoms with van der Waals surface area (Å²) in [6.07, 6.45) is 2.01. The molecule has 0 saturated heterocycles. The van der Waals surface area contributed by atoms with Crippen molar-refractivity contribution < 1.29 is 56.0 Å². The lowest BCUT2D eigenvalue weighted by Crippen LogP contribution is -2.12. The van der Waals surface area contributed by atoms with E-state index in [1.54, 1.807) is 27.7 Å². The van der Waals surface area contributed by atoms with Gasteiger partial charge in [-0.1, -0.05) is 13.2 Å². The smallest absolute Gasteiger partial charge is 0.343 e. The quantitative estimate of drug-likeness (QED) is 0.0620. The minimum Gasteiger partial charge on any atom is -0.457 e. The summed E-state index contributed by atoms with van der Waals surface area (Å²) in [6, 6.07) is 17.6. The highest BCUT2D eigenvalue weighted by Crippen LogP contribution is 2.34. The first-order valence-corrected chi connectivity index (χ1v) is 16.7. The third-order valence-electron chi connectivity index (χ3n) is 7.24. The molecule has 13 heteroatoms. The molecule has 0 saturated carbocycles. The van der Waals surface area contributed by atoms with Gasteiger partial charge >= 0.3 is 23.9 Å². The van der Waals surface area contributed by atoms with Crippen LogP contribution in [0.4, 0.5) is 0 Å². The van der Waals surface area contributed by atoms with E-state index >= 15 is 0 Å². The highest BCUT2D eigenvalue weighted by atomic mass is 32.2. The standard InChI is InChI=1S/C38H34O12S/c1-7-33(39)47-21-45-29-13-9-27(10-14-29)37(41)49-35-23(3)17-31(18-24(35)4)51(43,44)32-19-25(5)36(26(6)20-32)50-38(42)28-11-15-30(16-12-28)46-22-48-34(40)8-2/h7-20H,1-2,21-22H2,3-6H3. The lowest BCUT2D eigenvalue weighted by Gasteiger charge is -2.16. The maximum Gasteiger partial charge on any atom is 0.343 e. The SMILES string of the molecule is C=CC(=O)OCOc1ccc(C(=O)Oc2c(C)cc(S(=O)(=O)c3cc(C)c(OC(=O)c4ccc(OCOC(=O)C=C)cc4)c(C)c3)cc2C)cc1. The van der Waals surface area contributed by atoms with Crippen molar-refractivity contribution in [3.8, 4) is 23.0 Å². The van der Waals surface area contributed by atoms with Crippen LogP contribution in [-0.2, 0) is 28.9 Å². The summed E-state index contributed by atoms with van der Waals surface area (Å²) < 4.78 is 58.9. The molecule has 0 amide bonds. The zero-order valence-corrected chi connectivity index (χ0v) is 29.0. The molecule has 0 unspecified atom stereocenters. The second kappa shape index (κ2) is 16.5. The van der Waals surface area contributed by atoms with E-state index in [1.807, 2.05) is 0 Å². The van der Waals surface area contributed by atoms with E-state index in [2.05, 4.69) is 13.2 Å². The zero-order chi connectivity index (χ0) is 37.3. The van der Waals surface area contributed by atoms with Crippen molar-refractivity contribution in [2.75, 3.05) is 13.6 Å². The van der Waals surface area contributed by atoms with Crippen molar-refractivity contribution in [2.24, 2.45) is 0 Å². The Labute approximate surface area is 294 Å². The van der Waals surface area contributed by atoms with E-state index in [0.717, 1.165) is 12.2 Å².